The van der Waals surface area contributed by atoms with Crippen molar-refractivity contribution < 1.29 is 19.6 Å². The fourth-order valence-corrected chi connectivity index (χ4v) is 2.41. The predicted molar refractivity (Wildman–Crippen MR) is 82.0 cm³/mol. The van der Waals surface area contributed by atoms with Crippen molar-refractivity contribution in [1.29, 1.82) is 0 Å². The minimum absolute atomic E-state index is 0.0145. The predicted octanol–water partition coefficient (Wildman–Crippen LogP) is 4.61. The van der Waals surface area contributed by atoms with Crippen LogP contribution in [0.3, 0.4) is 0 Å². The van der Waals surface area contributed by atoms with Gasteiger partial charge in [-0.3, -0.25) is 10.1 Å². The van der Waals surface area contributed by atoms with Crippen molar-refractivity contribution in [1.82, 2.24) is 0 Å². The molecule has 0 fully saturated rings. The van der Waals surface area contributed by atoms with Gasteiger partial charge in [-0.2, -0.15) is 0 Å². The van der Waals surface area contributed by atoms with Gasteiger partial charge < -0.3 is 9.84 Å². The second-order valence-corrected chi connectivity index (χ2v) is 5.66. The number of aromatic carboxylic acids is 1. The van der Waals surface area contributed by atoms with Gasteiger partial charge in [-0.1, -0.05) is 22.0 Å². The average molecular weight is 417 g/mol. The third-order valence-electron chi connectivity index (χ3n) is 2.53. The molecule has 0 unspecified atom stereocenters. The first-order valence-corrected chi connectivity index (χ1v) is 7.12. The number of hydrogen-bond donors (Lipinski definition) is 1. The summed E-state index contributed by atoms with van der Waals surface area (Å²) < 4.78 is 6.38. The average Bonchev–Trinajstić information content (AvgIpc) is 2.42. The smallest absolute Gasteiger partial charge is 0.339 e. The van der Waals surface area contributed by atoms with E-state index in [1.165, 1.54) is 24.3 Å². The van der Waals surface area contributed by atoms with Crippen LogP contribution in [0.25, 0.3) is 0 Å². The highest BCUT2D eigenvalue weighted by Gasteiger charge is 2.21. The summed E-state index contributed by atoms with van der Waals surface area (Å²) in [6, 6.07) is 8.72. The number of para-hydroxylation sites is 1. The topological polar surface area (TPSA) is 89.7 Å². The van der Waals surface area contributed by atoms with Gasteiger partial charge in [-0.15, -0.1) is 0 Å². The summed E-state index contributed by atoms with van der Waals surface area (Å²) >= 11 is 6.33. The summed E-state index contributed by atoms with van der Waals surface area (Å²) in [5.74, 6) is -1.23. The first kappa shape index (κ1) is 15.5. The first-order chi connectivity index (χ1) is 9.90. The van der Waals surface area contributed by atoms with Crippen LogP contribution in [0.2, 0.25) is 0 Å². The Morgan fingerprint density at radius 1 is 1.24 bits per heavy atom. The molecule has 2 aromatic rings. The molecule has 0 spiro atoms. The normalized spacial score (nSPS) is 10.2. The number of rotatable bonds is 4. The van der Waals surface area contributed by atoms with Crippen LogP contribution in [0.5, 0.6) is 11.5 Å². The third-order valence-corrected chi connectivity index (χ3v) is 3.64. The summed E-state index contributed by atoms with van der Waals surface area (Å²) in [4.78, 5) is 21.6. The highest BCUT2D eigenvalue weighted by atomic mass is 79.9. The molecule has 2 rings (SSSR count). The highest BCUT2D eigenvalue weighted by Crippen LogP contribution is 2.39. The molecule has 108 valence electrons. The molecule has 0 aliphatic rings. The van der Waals surface area contributed by atoms with E-state index in [0.29, 0.717) is 8.95 Å². The van der Waals surface area contributed by atoms with Crippen LogP contribution < -0.4 is 4.74 Å². The summed E-state index contributed by atoms with van der Waals surface area (Å²) in [5, 5.41) is 20.2. The standard InChI is InChI=1S/C13H7Br2NO5/c14-7-4-5-11(8(6-7)13(17)18)21-12-9(15)2-1-3-10(12)16(19)20/h1-6H,(H,17,18). The van der Waals surface area contributed by atoms with E-state index in [1.54, 1.807) is 12.1 Å². The quantitative estimate of drug-likeness (QED) is 0.580. The monoisotopic (exact) mass is 415 g/mol. The third kappa shape index (κ3) is 3.40. The first-order valence-electron chi connectivity index (χ1n) is 5.53. The van der Waals surface area contributed by atoms with Crippen LogP contribution in [0, 0.1) is 10.1 Å². The van der Waals surface area contributed by atoms with Crippen LogP contribution in [0.15, 0.2) is 45.3 Å². The van der Waals surface area contributed by atoms with E-state index in [4.69, 9.17) is 9.84 Å². The molecule has 0 aliphatic carbocycles. The SMILES string of the molecule is O=C(O)c1cc(Br)ccc1Oc1c(Br)cccc1[N+](=O)[O-]. The molecule has 0 radical (unpaired) electrons. The maximum Gasteiger partial charge on any atom is 0.339 e. The Labute approximate surface area is 135 Å². The molecule has 1 N–H and O–H groups in total. The van der Waals surface area contributed by atoms with Crippen molar-refractivity contribution in [3.63, 3.8) is 0 Å². The van der Waals surface area contributed by atoms with E-state index in [9.17, 15) is 14.9 Å². The molecule has 0 bridgehead atoms. The van der Waals surface area contributed by atoms with Crippen molar-refractivity contribution in [2.45, 2.75) is 0 Å². The van der Waals surface area contributed by atoms with Gasteiger partial charge in [-0.25, -0.2) is 4.79 Å². The lowest BCUT2D eigenvalue weighted by molar-refractivity contribution is -0.385. The Balaban J connectivity index is 2.53. The van der Waals surface area contributed by atoms with Gasteiger partial charge in [0, 0.05) is 10.5 Å². The van der Waals surface area contributed by atoms with E-state index in [-0.39, 0.29) is 22.7 Å². The van der Waals surface area contributed by atoms with Crippen molar-refractivity contribution in [2.75, 3.05) is 0 Å². The van der Waals surface area contributed by atoms with E-state index in [1.807, 2.05) is 0 Å². The molecule has 0 aliphatic heterocycles. The minimum Gasteiger partial charge on any atom is -0.478 e. The molecular formula is C13H7Br2NO5. The lowest BCUT2D eigenvalue weighted by atomic mass is 10.2. The molecule has 0 atom stereocenters. The van der Waals surface area contributed by atoms with Gasteiger partial charge in [0.1, 0.15) is 11.3 Å². The number of carbonyl (C=O) groups is 1. The van der Waals surface area contributed by atoms with Crippen LogP contribution in [0.1, 0.15) is 10.4 Å². The lowest BCUT2D eigenvalue weighted by Crippen LogP contribution is -2.01. The number of nitro benzene ring substituents is 1. The Hall–Kier alpha value is -1.93. The fourth-order valence-electron chi connectivity index (χ4n) is 1.61. The summed E-state index contributed by atoms with van der Waals surface area (Å²) in [6.45, 7) is 0. The highest BCUT2D eigenvalue weighted by molar-refractivity contribution is 9.10. The van der Waals surface area contributed by atoms with Gasteiger partial charge in [-0.05, 0) is 40.2 Å². The minimum atomic E-state index is -1.19. The van der Waals surface area contributed by atoms with Crippen molar-refractivity contribution in [3.05, 3.63) is 61.0 Å². The Morgan fingerprint density at radius 3 is 2.57 bits per heavy atom. The summed E-state index contributed by atoms with van der Waals surface area (Å²) in [5.41, 5.74) is -0.363. The van der Waals surface area contributed by atoms with Crippen LogP contribution in [-0.2, 0) is 0 Å². The summed E-state index contributed by atoms with van der Waals surface area (Å²) in [6.07, 6.45) is 0. The van der Waals surface area contributed by atoms with Gasteiger partial charge >= 0.3 is 11.7 Å². The number of halogens is 2. The largest absolute Gasteiger partial charge is 0.478 e. The zero-order chi connectivity index (χ0) is 15.6. The Morgan fingerprint density at radius 2 is 1.95 bits per heavy atom. The van der Waals surface area contributed by atoms with Crippen molar-refractivity contribution >= 4 is 43.5 Å². The Bertz CT molecular complexity index is 732. The number of nitrogens with zero attached hydrogens (tertiary/aromatic N) is 1. The molecule has 8 heteroatoms. The van der Waals surface area contributed by atoms with Crippen LogP contribution in [0.4, 0.5) is 5.69 Å². The molecule has 21 heavy (non-hydrogen) atoms. The number of carboxylic acid groups (broad SMARTS) is 1. The van der Waals surface area contributed by atoms with Crippen molar-refractivity contribution in [3.8, 4) is 11.5 Å². The van der Waals surface area contributed by atoms with E-state index >= 15 is 0 Å². The molecule has 0 saturated carbocycles. The van der Waals surface area contributed by atoms with Crippen molar-refractivity contribution in [2.24, 2.45) is 0 Å². The van der Waals surface area contributed by atoms with E-state index in [2.05, 4.69) is 31.9 Å². The maximum atomic E-state index is 11.2. The molecule has 0 heterocycles. The van der Waals surface area contributed by atoms with Gasteiger partial charge in [0.05, 0.1) is 9.40 Å². The molecule has 2 aromatic carbocycles. The molecule has 0 saturated heterocycles. The number of nitro groups is 1. The van der Waals surface area contributed by atoms with E-state index < -0.39 is 10.9 Å². The van der Waals surface area contributed by atoms with Gasteiger partial charge in [0.25, 0.3) is 0 Å². The second-order valence-electron chi connectivity index (χ2n) is 3.89. The second kappa shape index (κ2) is 6.23. The van der Waals surface area contributed by atoms with Crippen LogP contribution >= 0.6 is 31.9 Å². The molecule has 0 aromatic heterocycles. The summed E-state index contributed by atoms with van der Waals surface area (Å²) in [7, 11) is 0. The molecule has 6 nitrogen and oxygen atoms in total. The van der Waals surface area contributed by atoms with Gasteiger partial charge in [0.2, 0.25) is 5.75 Å². The zero-order valence-corrected chi connectivity index (χ0v) is 13.4. The van der Waals surface area contributed by atoms with Crippen LogP contribution in [-0.4, -0.2) is 16.0 Å². The molecular weight excluding hydrogens is 410 g/mol. The fraction of sp³-hybridized carbons (Fsp3) is 0. The molecule has 0 amide bonds. The van der Waals surface area contributed by atoms with Gasteiger partial charge in [0.15, 0.2) is 0 Å². The number of ether oxygens (including phenoxy) is 1. The number of carboxylic acids is 1. The van der Waals surface area contributed by atoms with E-state index in [0.717, 1.165) is 0 Å². The number of benzene rings is 2. The number of hydrogen-bond acceptors (Lipinski definition) is 4. The Kier molecular flexibility index (Phi) is 4.59. The lowest BCUT2D eigenvalue weighted by Gasteiger charge is -2.10. The maximum absolute atomic E-state index is 11.2. The zero-order valence-electron chi connectivity index (χ0n) is 10.2.